The first kappa shape index (κ1) is 58.6. The summed E-state index contributed by atoms with van der Waals surface area (Å²) in [4.78, 5) is 155. The molecular formula is C40H66N12O17. The quantitative estimate of drug-likeness (QED) is 0.0363. The molecule has 2 heterocycles. The second-order valence-corrected chi connectivity index (χ2v) is 16.5. The van der Waals surface area contributed by atoms with E-state index in [1.807, 2.05) is 0 Å². The zero-order valence-corrected chi connectivity index (χ0v) is 38.6. The van der Waals surface area contributed by atoms with E-state index in [1.165, 1.54) is 6.92 Å². The van der Waals surface area contributed by atoms with Crippen LogP contribution in [0.15, 0.2) is 0 Å². The molecule has 29 heteroatoms. The van der Waals surface area contributed by atoms with Gasteiger partial charge in [-0.1, -0.05) is 20.3 Å². The Bertz CT molecular complexity index is 1890. The van der Waals surface area contributed by atoms with Gasteiger partial charge in [0.05, 0.1) is 45.4 Å². The van der Waals surface area contributed by atoms with Gasteiger partial charge in [-0.3, -0.25) is 52.7 Å². The third-order valence-electron chi connectivity index (χ3n) is 11.3. The van der Waals surface area contributed by atoms with Crippen LogP contribution in [0.4, 0.5) is 0 Å². The van der Waals surface area contributed by atoms with Gasteiger partial charge in [0.2, 0.25) is 59.1 Å². The number of amides is 10. The van der Waals surface area contributed by atoms with Crippen LogP contribution in [0.2, 0.25) is 0 Å². The molecule has 2 fully saturated rings. The first-order valence-corrected chi connectivity index (χ1v) is 22.2. The number of carbonyl (C=O) groups is 12. The Morgan fingerprint density at radius 3 is 1.68 bits per heavy atom. The van der Waals surface area contributed by atoms with Crippen molar-refractivity contribution in [1.29, 1.82) is 0 Å². The molecule has 388 valence electrons. The highest BCUT2D eigenvalue weighted by molar-refractivity contribution is 5.98. The minimum atomic E-state index is -1.80. The molecule has 2 aliphatic heterocycles. The highest BCUT2D eigenvalue weighted by Crippen LogP contribution is 2.22. The van der Waals surface area contributed by atoms with Gasteiger partial charge in [-0.05, 0) is 44.9 Å². The van der Waals surface area contributed by atoms with E-state index in [9.17, 15) is 78.0 Å². The molecule has 2 rings (SSSR count). The lowest BCUT2D eigenvalue weighted by atomic mass is 9.96. The van der Waals surface area contributed by atoms with Crippen LogP contribution in [-0.2, 0) is 57.5 Å². The Balaban J connectivity index is 1.95. The van der Waals surface area contributed by atoms with Gasteiger partial charge in [0, 0.05) is 19.6 Å². The molecule has 0 saturated carbocycles. The van der Waals surface area contributed by atoms with Crippen molar-refractivity contribution in [3.8, 4) is 0 Å². The Labute approximate surface area is 395 Å². The van der Waals surface area contributed by atoms with Gasteiger partial charge in [-0.2, -0.15) is 0 Å². The predicted octanol–water partition coefficient (Wildman–Crippen LogP) is -8.61. The number of carboxylic acids is 2. The molecule has 69 heavy (non-hydrogen) atoms. The normalized spacial score (nSPS) is 19.1. The number of carboxylic acid groups (broad SMARTS) is 2. The van der Waals surface area contributed by atoms with E-state index >= 15 is 0 Å². The van der Waals surface area contributed by atoms with Crippen LogP contribution in [0, 0.1) is 5.92 Å². The fourth-order valence-corrected chi connectivity index (χ4v) is 7.21. The standard InChI is InChI=1S/C40H66N12O17/c1-4-19(2)31(39(67)52-11-7-9-26(52)40(68)69)50-37(65)32(20(3)55)49-29(58)16-44-35(63)24(18-54)47-28(57)14-43-34(62)22(12-30(59)60)46-27(56)15-45-36(64)25-8-5-6-10-51(25)38(66)23(13-41)48-33(61)21(42)17-53/h19-26,31-32,53-55H,4-18,41-42H2,1-3H3,(H,43,62)(H,44,63)(H,45,64)(H,46,56)(H,47,57)(H,48,61)(H,49,58)(H,50,65)(H,59,60)(H,68,69)/t19-,20+,21-,22-,23-,24-,25-,26-,31-,32-/m0/s1. The SMILES string of the molecule is CC[C@H](C)[C@H](NC(=O)[C@@H](NC(=O)CNC(=O)[C@H](CO)NC(=O)CNC(=O)[C@H](CC(=O)O)NC(=O)CNC(=O)[C@@H]1CCCCN1C(=O)[C@H](CN)NC(=O)[C@@H](N)CO)[C@@H](C)O)C(=O)N1CCC[C@H]1C(=O)O. The maximum absolute atomic E-state index is 13.4. The maximum Gasteiger partial charge on any atom is 0.326 e. The highest BCUT2D eigenvalue weighted by atomic mass is 16.4. The number of hydrogen-bond acceptors (Lipinski definition) is 17. The molecule has 0 aromatic carbocycles. The maximum atomic E-state index is 13.4. The minimum absolute atomic E-state index is 0.0925. The number of rotatable bonds is 27. The van der Waals surface area contributed by atoms with Crippen LogP contribution in [0.25, 0.3) is 0 Å². The van der Waals surface area contributed by atoms with Crippen LogP contribution in [0.3, 0.4) is 0 Å². The number of nitrogens with one attached hydrogen (secondary N) is 8. The smallest absolute Gasteiger partial charge is 0.326 e. The third kappa shape index (κ3) is 18.1. The van der Waals surface area contributed by atoms with E-state index in [4.69, 9.17) is 16.6 Å². The summed E-state index contributed by atoms with van der Waals surface area (Å²) >= 11 is 0. The molecule has 2 aliphatic rings. The van der Waals surface area contributed by atoms with Crippen molar-refractivity contribution in [1.82, 2.24) is 52.3 Å². The van der Waals surface area contributed by atoms with Crippen LogP contribution in [-0.4, -0.2) is 213 Å². The van der Waals surface area contributed by atoms with E-state index in [0.29, 0.717) is 25.7 Å². The first-order valence-electron chi connectivity index (χ1n) is 22.2. The predicted molar refractivity (Wildman–Crippen MR) is 235 cm³/mol. The lowest BCUT2D eigenvalue weighted by molar-refractivity contribution is -0.150. The van der Waals surface area contributed by atoms with Crippen molar-refractivity contribution >= 4 is 71.0 Å². The fourth-order valence-electron chi connectivity index (χ4n) is 7.21. The van der Waals surface area contributed by atoms with E-state index in [2.05, 4.69) is 42.5 Å². The molecule has 0 aromatic heterocycles. The number of carbonyl (C=O) groups excluding carboxylic acids is 10. The molecule has 10 amide bonds. The average Bonchev–Trinajstić information content (AvgIpc) is 3.83. The van der Waals surface area contributed by atoms with Crippen LogP contribution >= 0.6 is 0 Å². The highest BCUT2D eigenvalue weighted by Gasteiger charge is 2.41. The summed E-state index contributed by atoms with van der Waals surface area (Å²) in [5.41, 5.74) is 11.2. The average molecular weight is 987 g/mol. The molecular weight excluding hydrogens is 921 g/mol. The molecule has 0 unspecified atom stereocenters. The molecule has 10 atom stereocenters. The van der Waals surface area contributed by atoms with Gasteiger partial charge in [0.15, 0.2) is 0 Å². The molecule has 17 N–H and O–H groups in total. The van der Waals surface area contributed by atoms with Crippen LogP contribution in [0.5, 0.6) is 0 Å². The molecule has 0 radical (unpaired) electrons. The van der Waals surface area contributed by atoms with Gasteiger partial charge in [-0.25, -0.2) is 4.79 Å². The van der Waals surface area contributed by atoms with E-state index in [-0.39, 0.29) is 32.5 Å². The third-order valence-corrected chi connectivity index (χ3v) is 11.3. The zero-order valence-electron chi connectivity index (χ0n) is 38.6. The summed E-state index contributed by atoms with van der Waals surface area (Å²) in [5.74, 6) is -12.7. The number of nitrogens with two attached hydrogens (primary N) is 2. The summed E-state index contributed by atoms with van der Waals surface area (Å²) in [6.45, 7) is 0.125. The van der Waals surface area contributed by atoms with Gasteiger partial charge in [0.1, 0.15) is 48.3 Å². The Morgan fingerprint density at radius 2 is 1.14 bits per heavy atom. The van der Waals surface area contributed by atoms with Gasteiger partial charge in [-0.15, -0.1) is 0 Å². The van der Waals surface area contributed by atoms with Crippen molar-refractivity contribution in [2.75, 3.05) is 52.5 Å². The van der Waals surface area contributed by atoms with Crippen molar-refractivity contribution in [2.24, 2.45) is 17.4 Å². The van der Waals surface area contributed by atoms with Gasteiger partial charge in [0.25, 0.3) is 0 Å². The number of hydrogen-bond donors (Lipinski definition) is 15. The summed E-state index contributed by atoms with van der Waals surface area (Å²) in [7, 11) is 0. The summed E-state index contributed by atoms with van der Waals surface area (Å²) in [6.07, 6.45) is -0.304. The Morgan fingerprint density at radius 1 is 0.609 bits per heavy atom. The molecule has 0 bridgehead atoms. The number of piperidine rings is 1. The van der Waals surface area contributed by atoms with E-state index in [1.54, 1.807) is 13.8 Å². The lowest BCUT2D eigenvalue weighted by Gasteiger charge is -2.37. The monoisotopic (exact) mass is 986 g/mol. The molecule has 0 aliphatic carbocycles. The first-order chi connectivity index (χ1) is 32.5. The van der Waals surface area contributed by atoms with Crippen molar-refractivity contribution < 1.29 is 83.1 Å². The summed E-state index contributed by atoms with van der Waals surface area (Å²) < 4.78 is 0. The number of aliphatic carboxylic acids is 2. The molecule has 0 aromatic rings. The number of aliphatic hydroxyl groups excluding tert-OH is 3. The van der Waals surface area contributed by atoms with Crippen LogP contribution < -0.4 is 54.0 Å². The summed E-state index contributed by atoms with van der Waals surface area (Å²) in [6, 6.07) is -11.2. The Kier molecular flexibility index (Phi) is 24.4. The number of nitrogens with zero attached hydrogens (tertiary/aromatic N) is 2. The Hall–Kier alpha value is -6.56. The number of aliphatic hydroxyl groups is 3. The largest absolute Gasteiger partial charge is 0.481 e. The van der Waals surface area contributed by atoms with Crippen LogP contribution in [0.1, 0.15) is 65.7 Å². The molecule has 0 spiro atoms. The number of likely N-dealkylation sites (tertiary alicyclic amines) is 2. The minimum Gasteiger partial charge on any atom is -0.481 e. The van der Waals surface area contributed by atoms with E-state index in [0.717, 1.165) is 9.80 Å². The van der Waals surface area contributed by atoms with Gasteiger partial charge >= 0.3 is 11.9 Å². The van der Waals surface area contributed by atoms with Crippen molar-refractivity contribution in [3.63, 3.8) is 0 Å². The second-order valence-electron chi connectivity index (χ2n) is 16.5. The second kappa shape index (κ2) is 28.7. The summed E-state index contributed by atoms with van der Waals surface area (Å²) in [5, 5.41) is 65.9. The van der Waals surface area contributed by atoms with E-state index < -0.39 is 171 Å². The van der Waals surface area contributed by atoms with Gasteiger partial charge < -0.3 is 89.3 Å². The topological polar surface area (TPSA) is 461 Å². The van der Waals surface area contributed by atoms with Crippen molar-refractivity contribution in [3.05, 3.63) is 0 Å². The van der Waals surface area contributed by atoms with Crippen molar-refractivity contribution in [2.45, 2.75) is 120 Å². The zero-order chi connectivity index (χ0) is 52.1. The fraction of sp³-hybridized carbons (Fsp3) is 0.700. The lowest BCUT2D eigenvalue weighted by Crippen LogP contribution is -2.61. The molecule has 29 nitrogen and oxygen atoms in total. The molecule has 2 saturated heterocycles.